The molecule has 6 heteroatoms. The van der Waals surface area contributed by atoms with Gasteiger partial charge in [0.15, 0.2) is 5.66 Å². The Morgan fingerprint density at radius 3 is 2.48 bits per heavy atom. The first-order valence-corrected chi connectivity index (χ1v) is 12.3. The maximum Gasteiger partial charge on any atom is 0.170 e. The van der Waals surface area contributed by atoms with Crippen LogP contribution in [0.5, 0.6) is 0 Å². The largest absolute Gasteiger partial charge is 0.399 e. The zero-order valence-electron chi connectivity index (χ0n) is 20.7. The molecule has 0 radical (unpaired) electrons. The molecule has 33 heavy (non-hydrogen) atoms. The van der Waals surface area contributed by atoms with Crippen LogP contribution >= 0.6 is 11.9 Å². The van der Waals surface area contributed by atoms with Gasteiger partial charge in [-0.25, -0.2) is 5.01 Å². The number of hydrogen-bond donors (Lipinski definition) is 2. The lowest BCUT2D eigenvalue weighted by molar-refractivity contribution is 0.550. The average Bonchev–Trinajstić information content (AvgIpc) is 3.27. The molecule has 0 amide bonds. The van der Waals surface area contributed by atoms with E-state index in [-0.39, 0.29) is 11.3 Å². The van der Waals surface area contributed by atoms with Crippen molar-refractivity contribution < 1.29 is 0 Å². The molecule has 1 unspecified atom stereocenters. The monoisotopic (exact) mass is 461 g/mol. The van der Waals surface area contributed by atoms with Gasteiger partial charge in [-0.3, -0.25) is 4.99 Å². The predicted octanol–water partition coefficient (Wildman–Crippen LogP) is 5.91. The van der Waals surface area contributed by atoms with Crippen LogP contribution in [-0.4, -0.2) is 17.2 Å². The van der Waals surface area contributed by atoms with Crippen LogP contribution in [0.4, 0.5) is 5.69 Å². The van der Waals surface area contributed by atoms with Gasteiger partial charge in [0.1, 0.15) is 5.84 Å². The van der Waals surface area contributed by atoms with E-state index >= 15 is 0 Å². The number of rotatable bonds is 5. The molecular weight excluding hydrogens is 426 g/mol. The number of hydrogen-bond acceptors (Lipinski definition) is 6. The standard InChI is InChI=1S/C27H35N5S/c1-9-10-20(15-19(5)28)33-31-25-23-21-11-12-22(26(6,7)8)29-27(21,23)32(30-25)24-17(3)13-16(2)14-18(24)4/h9-15,21,23H,5,28H2,1-4,6-8H3,(H,30,31)/b10-9-,20-15+/t21?,23-,27+/m0/s1. The Kier molecular flexibility index (Phi) is 5.85. The van der Waals surface area contributed by atoms with Crippen molar-refractivity contribution in [2.24, 2.45) is 33.1 Å². The number of aryl methyl sites for hydroxylation is 3. The highest BCUT2D eigenvalue weighted by molar-refractivity contribution is 8.01. The van der Waals surface area contributed by atoms with Gasteiger partial charge < -0.3 is 10.5 Å². The number of aliphatic imine (C=N–C) groups is 1. The van der Waals surface area contributed by atoms with Crippen LogP contribution in [0.1, 0.15) is 44.4 Å². The van der Waals surface area contributed by atoms with Crippen molar-refractivity contribution >= 4 is 29.2 Å². The van der Waals surface area contributed by atoms with Crippen molar-refractivity contribution in [1.82, 2.24) is 4.72 Å². The first kappa shape index (κ1) is 23.4. The van der Waals surface area contributed by atoms with E-state index in [0.717, 1.165) is 22.1 Å². The molecule has 1 saturated carbocycles. The molecular formula is C27H35N5S. The normalized spacial score (nSPS) is 26.2. The second-order valence-electron chi connectivity index (χ2n) is 10.3. The van der Waals surface area contributed by atoms with Crippen LogP contribution in [0, 0.1) is 38.0 Å². The van der Waals surface area contributed by atoms with Gasteiger partial charge >= 0.3 is 0 Å². The van der Waals surface area contributed by atoms with Crippen LogP contribution in [-0.2, 0) is 0 Å². The molecule has 1 fully saturated rings. The molecule has 3 N–H and O–H groups in total. The van der Waals surface area contributed by atoms with Crippen molar-refractivity contribution in [2.45, 2.75) is 54.1 Å². The second-order valence-corrected chi connectivity index (χ2v) is 11.1. The van der Waals surface area contributed by atoms with E-state index in [0.29, 0.717) is 11.6 Å². The number of allylic oxidation sites excluding steroid dienone is 4. The summed E-state index contributed by atoms with van der Waals surface area (Å²) in [7, 11) is 0. The van der Waals surface area contributed by atoms with Crippen LogP contribution in [0.25, 0.3) is 0 Å². The Bertz CT molecular complexity index is 1120. The fraction of sp³-hybridized carbons (Fsp3) is 0.407. The highest BCUT2D eigenvalue weighted by Crippen LogP contribution is 2.64. The van der Waals surface area contributed by atoms with E-state index in [4.69, 9.17) is 15.8 Å². The molecule has 1 aromatic carbocycles. The molecule has 0 aromatic heterocycles. The fourth-order valence-corrected chi connectivity index (χ4v) is 5.76. The molecule has 0 bridgehead atoms. The SMILES string of the molecule is C=C(N)/C=C(\C=C/C)SNC1=NN(c2c(C)cc(C)cc2C)[C@]23N=C(C(C)(C)C)C=CC2[C@@H]13. The summed E-state index contributed by atoms with van der Waals surface area (Å²) in [6, 6.07) is 4.46. The van der Waals surface area contributed by atoms with Crippen molar-refractivity contribution in [2.75, 3.05) is 5.01 Å². The zero-order valence-corrected chi connectivity index (χ0v) is 21.5. The molecule has 1 aliphatic carbocycles. The Morgan fingerprint density at radius 1 is 1.24 bits per heavy atom. The number of hydrazone groups is 1. The summed E-state index contributed by atoms with van der Waals surface area (Å²) in [6.07, 6.45) is 10.4. The summed E-state index contributed by atoms with van der Waals surface area (Å²) in [5.74, 6) is 1.43. The number of amidine groups is 1. The molecule has 1 spiro atoms. The van der Waals surface area contributed by atoms with Gasteiger partial charge in [-0.15, -0.1) is 0 Å². The molecule has 2 aliphatic heterocycles. The number of nitrogens with zero attached hydrogens (tertiary/aromatic N) is 3. The molecule has 4 rings (SSSR count). The van der Waals surface area contributed by atoms with E-state index in [2.05, 4.69) is 82.1 Å². The van der Waals surface area contributed by atoms with Crippen molar-refractivity contribution in [3.05, 3.63) is 76.4 Å². The Labute approximate surface area is 202 Å². The molecule has 3 atom stereocenters. The molecule has 174 valence electrons. The third-order valence-electron chi connectivity index (χ3n) is 6.35. The van der Waals surface area contributed by atoms with Gasteiger partial charge in [0.05, 0.1) is 11.6 Å². The van der Waals surface area contributed by atoms with Gasteiger partial charge in [0.25, 0.3) is 0 Å². The van der Waals surface area contributed by atoms with Crippen LogP contribution < -0.4 is 15.5 Å². The van der Waals surface area contributed by atoms with Gasteiger partial charge in [-0.05, 0) is 62.9 Å². The topological polar surface area (TPSA) is 66.0 Å². The average molecular weight is 462 g/mol. The van der Waals surface area contributed by atoms with E-state index in [1.54, 1.807) is 0 Å². The Balaban J connectivity index is 1.76. The first-order chi connectivity index (χ1) is 15.5. The number of dihydropyridines is 1. The van der Waals surface area contributed by atoms with Crippen LogP contribution in [0.2, 0.25) is 0 Å². The smallest absolute Gasteiger partial charge is 0.170 e. The minimum atomic E-state index is -0.396. The number of fused-ring (bicyclic) bond motifs is 1. The van der Waals surface area contributed by atoms with Gasteiger partial charge in [0, 0.05) is 27.6 Å². The summed E-state index contributed by atoms with van der Waals surface area (Å²) >= 11 is 1.51. The van der Waals surface area contributed by atoms with Crippen LogP contribution in [0.15, 0.2) is 69.8 Å². The van der Waals surface area contributed by atoms with E-state index in [1.165, 1.54) is 28.6 Å². The Morgan fingerprint density at radius 2 is 1.91 bits per heavy atom. The van der Waals surface area contributed by atoms with Gasteiger partial charge in [-0.2, -0.15) is 5.10 Å². The molecule has 0 saturated heterocycles. The number of benzene rings is 1. The predicted molar refractivity (Wildman–Crippen MR) is 143 cm³/mol. The van der Waals surface area contributed by atoms with Crippen molar-refractivity contribution in [3.63, 3.8) is 0 Å². The summed E-state index contributed by atoms with van der Waals surface area (Å²) in [4.78, 5) is 6.36. The van der Waals surface area contributed by atoms with E-state index in [9.17, 15) is 0 Å². The fourth-order valence-electron chi connectivity index (χ4n) is 4.96. The summed E-state index contributed by atoms with van der Waals surface area (Å²) < 4.78 is 3.52. The lowest BCUT2D eigenvalue weighted by atomic mass is 9.88. The lowest BCUT2D eigenvalue weighted by Gasteiger charge is -2.32. The first-order valence-electron chi connectivity index (χ1n) is 11.5. The second kappa shape index (κ2) is 8.24. The molecule has 1 aromatic rings. The van der Waals surface area contributed by atoms with Crippen LogP contribution in [0.3, 0.4) is 0 Å². The minimum Gasteiger partial charge on any atom is -0.399 e. The van der Waals surface area contributed by atoms with Crippen molar-refractivity contribution in [3.8, 4) is 0 Å². The van der Waals surface area contributed by atoms with Gasteiger partial charge in [-0.1, -0.05) is 63.3 Å². The third kappa shape index (κ3) is 4.05. The zero-order chi connectivity index (χ0) is 24.1. The minimum absolute atomic E-state index is 0.0271. The molecule has 2 heterocycles. The lowest BCUT2D eigenvalue weighted by Crippen LogP contribution is -2.37. The maximum absolute atomic E-state index is 5.83. The third-order valence-corrected chi connectivity index (χ3v) is 7.15. The Hall–Kier alpha value is -2.73. The quantitative estimate of drug-likeness (QED) is 0.422. The number of anilines is 1. The summed E-state index contributed by atoms with van der Waals surface area (Å²) in [5.41, 5.74) is 11.9. The molecule has 5 nitrogen and oxygen atoms in total. The van der Waals surface area contributed by atoms with E-state index in [1.807, 2.05) is 25.2 Å². The summed E-state index contributed by atoms with van der Waals surface area (Å²) in [5, 5.41) is 7.30. The summed E-state index contributed by atoms with van der Waals surface area (Å²) in [6.45, 7) is 18.9. The maximum atomic E-state index is 5.83. The molecule has 3 aliphatic rings. The number of nitrogens with two attached hydrogens (primary N) is 1. The van der Waals surface area contributed by atoms with Crippen molar-refractivity contribution in [1.29, 1.82) is 0 Å². The highest BCUT2D eigenvalue weighted by atomic mass is 32.2. The highest BCUT2D eigenvalue weighted by Gasteiger charge is 2.75. The van der Waals surface area contributed by atoms with Gasteiger partial charge in [0.2, 0.25) is 0 Å². The number of nitrogens with one attached hydrogen (secondary N) is 1. The van der Waals surface area contributed by atoms with E-state index < -0.39 is 5.66 Å².